The lowest BCUT2D eigenvalue weighted by Crippen LogP contribution is -2.38. The zero-order valence-corrected chi connectivity index (χ0v) is 24.2. The van der Waals surface area contributed by atoms with Crippen molar-refractivity contribution in [2.45, 2.75) is 57.9 Å². The fourth-order valence-electron chi connectivity index (χ4n) is 5.65. The van der Waals surface area contributed by atoms with Crippen LogP contribution in [0.3, 0.4) is 0 Å². The third-order valence-corrected chi connectivity index (χ3v) is 8.32. The molecule has 6 rings (SSSR count). The van der Waals surface area contributed by atoms with Crippen LogP contribution in [0.25, 0.3) is 11.0 Å². The van der Waals surface area contributed by atoms with Crippen LogP contribution in [0.15, 0.2) is 42.6 Å². The number of fused-ring (bicyclic) bond motifs is 1. The number of halogens is 2. The number of nitrogens with zero attached hydrogens (tertiary/aromatic N) is 7. The predicted octanol–water partition coefficient (Wildman–Crippen LogP) is 4.99. The SMILES string of the molecule is N#CCC1(Cn2c(CN3CCC(Oc4ccnc(COc5ccc(F)cc5C#N)n4)CC3)nc3c(F)cc(C(=O)O)cc32)CC1. The highest BCUT2D eigenvalue weighted by Crippen LogP contribution is 2.50. The van der Waals surface area contributed by atoms with Gasteiger partial charge in [0.1, 0.15) is 41.7 Å². The van der Waals surface area contributed by atoms with Gasteiger partial charge in [-0.15, -0.1) is 0 Å². The number of carboxylic acid groups (broad SMARTS) is 1. The lowest BCUT2D eigenvalue weighted by atomic mass is 10.0. The number of piperidine rings is 1. The van der Waals surface area contributed by atoms with Gasteiger partial charge in [-0.05, 0) is 56.0 Å². The first-order valence-corrected chi connectivity index (χ1v) is 14.6. The number of benzene rings is 2. The van der Waals surface area contributed by atoms with E-state index in [1.807, 2.05) is 10.6 Å². The lowest BCUT2D eigenvalue weighted by Gasteiger charge is -2.31. The topological polar surface area (TPSA) is 150 Å². The van der Waals surface area contributed by atoms with E-state index in [4.69, 9.17) is 9.47 Å². The first-order chi connectivity index (χ1) is 21.8. The molecule has 2 aromatic carbocycles. The molecule has 0 spiro atoms. The van der Waals surface area contributed by atoms with Crippen molar-refractivity contribution in [3.8, 4) is 23.8 Å². The Balaban J connectivity index is 1.10. The molecule has 2 aliphatic rings. The molecule has 0 atom stereocenters. The smallest absolute Gasteiger partial charge is 0.335 e. The molecule has 1 aliphatic heterocycles. The summed E-state index contributed by atoms with van der Waals surface area (Å²) in [5.41, 5.74) is 0.294. The molecular formula is C32H29F2N7O4. The van der Waals surface area contributed by atoms with Gasteiger partial charge in [0.15, 0.2) is 11.6 Å². The minimum atomic E-state index is -1.21. The van der Waals surface area contributed by atoms with Crippen LogP contribution in [0.1, 0.15) is 59.7 Å². The van der Waals surface area contributed by atoms with E-state index >= 15 is 0 Å². The number of hydrogen-bond acceptors (Lipinski definition) is 9. The van der Waals surface area contributed by atoms with Crippen molar-refractivity contribution in [1.29, 1.82) is 10.5 Å². The molecule has 2 fully saturated rings. The number of imidazole rings is 1. The van der Waals surface area contributed by atoms with Gasteiger partial charge in [-0.25, -0.2) is 23.5 Å². The highest BCUT2D eigenvalue weighted by molar-refractivity contribution is 5.92. The van der Waals surface area contributed by atoms with E-state index in [-0.39, 0.29) is 40.5 Å². The summed E-state index contributed by atoms with van der Waals surface area (Å²) in [6, 6.07) is 12.0. The first-order valence-electron chi connectivity index (χ1n) is 14.6. The van der Waals surface area contributed by atoms with E-state index in [1.54, 1.807) is 12.3 Å². The Labute approximate surface area is 257 Å². The maximum atomic E-state index is 15.0. The summed E-state index contributed by atoms with van der Waals surface area (Å²) in [7, 11) is 0. The Morgan fingerprint density at radius 2 is 1.91 bits per heavy atom. The Morgan fingerprint density at radius 1 is 1.11 bits per heavy atom. The van der Waals surface area contributed by atoms with Gasteiger partial charge in [-0.3, -0.25) is 4.90 Å². The van der Waals surface area contributed by atoms with Crippen LogP contribution in [-0.2, 0) is 19.7 Å². The second kappa shape index (κ2) is 12.5. The maximum Gasteiger partial charge on any atom is 0.335 e. The van der Waals surface area contributed by atoms with Crippen LogP contribution >= 0.6 is 0 Å². The Bertz CT molecular complexity index is 1840. The molecule has 230 valence electrons. The number of carbonyl (C=O) groups is 1. The standard InChI is InChI=1S/C32H29F2N7O4/c33-22-1-2-26(21(13-22)16-36)44-18-27-37-10-3-29(38-27)45-23-4-11-40(12-5-23)17-28-39-30-24(34)14-20(31(42)43)15-25(30)41(28)19-32(6-7-32)8-9-35/h1-3,10,13-15,23H,4-8,11-12,17-19H2,(H,42,43). The van der Waals surface area contributed by atoms with Gasteiger partial charge in [-0.1, -0.05) is 0 Å². The number of nitriles is 2. The zero-order chi connectivity index (χ0) is 31.6. The molecule has 0 amide bonds. The second-order valence-corrected chi connectivity index (χ2v) is 11.5. The minimum Gasteiger partial charge on any atom is -0.484 e. The number of rotatable bonds is 11. The summed E-state index contributed by atoms with van der Waals surface area (Å²) in [4.78, 5) is 27.1. The Kier molecular flexibility index (Phi) is 8.28. The fraction of sp³-hybridized carbons (Fsp3) is 0.375. The third kappa shape index (κ3) is 6.69. The molecule has 1 saturated carbocycles. The van der Waals surface area contributed by atoms with Crippen LogP contribution in [-0.4, -0.2) is 54.7 Å². The molecule has 4 aromatic rings. The average Bonchev–Trinajstić information content (AvgIpc) is 3.71. The van der Waals surface area contributed by atoms with Gasteiger partial charge in [0, 0.05) is 43.7 Å². The fourth-order valence-corrected chi connectivity index (χ4v) is 5.65. The van der Waals surface area contributed by atoms with Crippen molar-refractivity contribution in [3.63, 3.8) is 0 Å². The van der Waals surface area contributed by atoms with Crippen molar-refractivity contribution in [2.75, 3.05) is 13.1 Å². The highest BCUT2D eigenvalue weighted by atomic mass is 19.1. The molecular weight excluding hydrogens is 584 g/mol. The molecule has 1 aliphatic carbocycles. The number of ether oxygens (including phenoxy) is 2. The van der Waals surface area contributed by atoms with Crippen LogP contribution < -0.4 is 9.47 Å². The molecule has 11 nitrogen and oxygen atoms in total. The van der Waals surface area contributed by atoms with Gasteiger partial charge < -0.3 is 19.1 Å². The van der Waals surface area contributed by atoms with Gasteiger partial charge in [0.05, 0.1) is 29.3 Å². The lowest BCUT2D eigenvalue weighted by molar-refractivity contribution is 0.0696. The molecule has 0 bridgehead atoms. The van der Waals surface area contributed by atoms with E-state index in [1.165, 1.54) is 18.2 Å². The number of aromatic nitrogens is 4. The third-order valence-electron chi connectivity index (χ3n) is 8.32. The Morgan fingerprint density at radius 3 is 2.62 bits per heavy atom. The number of hydrogen-bond donors (Lipinski definition) is 1. The molecule has 45 heavy (non-hydrogen) atoms. The second-order valence-electron chi connectivity index (χ2n) is 11.5. The summed E-state index contributed by atoms with van der Waals surface area (Å²) in [6.45, 7) is 2.26. The van der Waals surface area contributed by atoms with E-state index in [0.29, 0.717) is 68.5 Å². The highest BCUT2D eigenvalue weighted by Gasteiger charge is 2.43. The molecule has 0 radical (unpaired) electrons. The molecule has 13 heteroatoms. The van der Waals surface area contributed by atoms with Crippen molar-refractivity contribution in [3.05, 3.63) is 77.0 Å². The molecule has 1 N–H and O–H groups in total. The van der Waals surface area contributed by atoms with Gasteiger partial charge in [0.2, 0.25) is 5.88 Å². The monoisotopic (exact) mass is 613 g/mol. The van der Waals surface area contributed by atoms with E-state index in [0.717, 1.165) is 25.0 Å². The summed E-state index contributed by atoms with van der Waals surface area (Å²) >= 11 is 0. The van der Waals surface area contributed by atoms with Crippen molar-refractivity contribution >= 4 is 17.0 Å². The summed E-state index contributed by atoms with van der Waals surface area (Å²) < 4.78 is 42.1. The minimum absolute atomic E-state index is 0.0266. The Hall–Kier alpha value is -5.14. The molecule has 2 aromatic heterocycles. The number of aromatic carboxylic acids is 1. The van der Waals surface area contributed by atoms with Crippen molar-refractivity contribution in [2.24, 2.45) is 5.41 Å². The average molecular weight is 614 g/mol. The summed E-state index contributed by atoms with van der Waals surface area (Å²) in [6.07, 6.45) is 5.00. The van der Waals surface area contributed by atoms with E-state index in [2.05, 4.69) is 25.9 Å². The number of carboxylic acids is 1. The number of likely N-dealkylation sites (tertiary alicyclic amines) is 1. The van der Waals surface area contributed by atoms with Crippen LogP contribution in [0.5, 0.6) is 11.6 Å². The normalized spacial score (nSPS) is 16.2. The molecule has 1 saturated heterocycles. The van der Waals surface area contributed by atoms with Crippen LogP contribution in [0.4, 0.5) is 8.78 Å². The van der Waals surface area contributed by atoms with Gasteiger partial charge >= 0.3 is 5.97 Å². The van der Waals surface area contributed by atoms with E-state index < -0.39 is 17.6 Å². The van der Waals surface area contributed by atoms with Crippen molar-refractivity contribution < 1.29 is 28.2 Å². The first kappa shape index (κ1) is 29.9. The van der Waals surface area contributed by atoms with Gasteiger partial charge in [-0.2, -0.15) is 15.5 Å². The molecule has 3 heterocycles. The van der Waals surface area contributed by atoms with E-state index in [9.17, 15) is 29.2 Å². The summed E-state index contributed by atoms with van der Waals surface area (Å²) in [5, 5.41) is 28.1. The summed E-state index contributed by atoms with van der Waals surface area (Å²) in [5.74, 6) is -0.816. The maximum absolute atomic E-state index is 15.0. The van der Waals surface area contributed by atoms with Crippen LogP contribution in [0.2, 0.25) is 0 Å². The van der Waals surface area contributed by atoms with Gasteiger partial charge in [0.25, 0.3) is 0 Å². The quantitative estimate of drug-likeness (QED) is 0.245. The zero-order valence-electron chi connectivity index (χ0n) is 24.2. The van der Waals surface area contributed by atoms with Crippen LogP contribution in [0, 0.1) is 39.7 Å². The van der Waals surface area contributed by atoms with Crippen molar-refractivity contribution in [1.82, 2.24) is 24.4 Å². The molecule has 0 unspecified atom stereocenters. The largest absolute Gasteiger partial charge is 0.484 e. The predicted molar refractivity (Wildman–Crippen MR) is 155 cm³/mol.